The van der Waals surface area contributed by atoms with Crippen molar-refractivity contribution >= 4 is 11.8 Å². The molecule has 0 radical (unpaired) electrons. The van der Waals surface area contributed by atoms with Crippen molar-refractivity contribution in [3.05, 3.63) is 0 Å². The van der Waals surface area contributed by atoms with E-state index in [0.717, 1.165) is 18.5 Å². The molecule has 2 rings (SSSR count). The van der Waals surface area contributed by atoms with E-state index in [4.69, 9.17) is 5.73 Å². The normalized spacial score (nSPS) is 31.1. The largest absolute Gasteiger partial charge is 0.326 e. The summed E-state index contributed by atoms with van der Waals surface area (Å²) in [7, 11) is 0. The molecule has 82 valence electrons. The summed E-state index contributed by atoms with van der Waals surface area (Å²) in [6, 6.07) is 1.17. The molecule has 1 aliphatic heterocycles. The van der Waals surface area contributed by atoms with Crippen molar-refractivity contribution in [2.45, 2.75) is 44.2 Å². The van der Waals surface area contributed by atoms with Crippen molar-refractivity contribution in [1.29, 1.82) is 0 Å². The van der Waals surface area contributed by atoms with E-state index in [9.17, 15) is 0 Å². The second-order valence-corrected chi connectivity index (χ2v) is 5.83. The number of thioether (sulfide) groups is 1. The Bertz CT molecular complexity index is 163. The van der Waals surface area contributed by atoms with E-state index in [-0.39, 0.29) is 0 Å². The number of nitrogens with one attached hydrogen (secondary N) is 1. The van der Waals surface area contributed by atoms with Gasteiger partial charge < -0.3 is 11.1 Å². The molecule has 0 aromatic carbocycles. The maximum Gasteiger partial charge on any atom is 0.0202 e. The molecule has 2 aliphatic rings. The van der Waals surface area contributed by atoms with E-state index < -0.39 is 0 Å². The first-order valence-corrected chi connectivity index (χ1v) is 7.08. The van der Waals surface area contributed by atoms with Crippen LogP contribution in [0, 0.1) is 5.92 Å². The highest BCUT2D eigenvalue weighted by Gasteiger charge is 2.23. The molecule has 1 saturated carbocycles. The molecule has 3 N–H and O–H groups in total. The molecule has 2 unspecified atom stereocenters. The van der Waals surface area contributed by atoms with Crippen LogP contribution in [-0.4, -0.2) is 30.1 Å². The van der Waals surface area contributed by atoms with Crippen molar-refractivity contribution in [2.24, 2.45) is 11.7 Å². The van der Waals surface area contributed by atoms with Crippen LogP contribution in [0.4, 0.5) is 0 Å². The van der Waals surface area contributed by atoms with Gasteiger partial charge in [-0.05, 0) is 36.7 Å². The fraction of sp³-hybridized carbons (Fsp3) is 1.00. The average molecular weight is 214 g/mol. The van der Waals surface area contributed by atoms with Crippen molar-refractivity contribution in [2.75, 3.05) is 18.1 Å². The Morgan fingerprint density at radius 3 is 2.71 bits per heavy atom. The maximum atomic E-state index is 6.18. The van der Waals surface area contributed by atoms with Gasteiger partial charge in [0.25, 0.3) is 0 Å². The molecule has 2 atom stereocenters. The summed E-state index contributed by atoms with van der Waals surface area (Å²) in [5, 5.41) is 3.62. The van der Waals surface area contributed by atoms with E-state index in [1.165, 1.54) is 43.6 Å². The summed E-state index contributed by atoms with van der Waals surface area (Å²) in [5.74, 6) is 3.38. The van der Waals surface area contributed by atoms with Crippen molar-refractivity contribution in [3.8, 4) is 0 Å². The van der Waals surface area contributed by atoms with Gasteiger partial charge in [-0.25, -0.2) is 0 Å². The van der Waals surface area contributed by atoms with E-state index in [1.807, 2.05) is 0 Å². The van der Waals surface area contributed by atoms with Crippen LogP contribution in [0.2, 0.25) is 0 Å². The first kappa shape index (κ1) is 10.8. The van der Waals surface area contributed by atoms with Gasteiger partial charge in [-0.1, -0.05) is 12.8 Å². The van der Waals surface area contributed by atoms with Gasteiger partial charge in [0.2, 0.25) is 0 Å². The first-order valence-electron chi connectivity index (χ1n) is 5.93. The lowest BCUT2D eigenvalue weighted by molar-refractivity contribution is 0.407. The molecule has 0 bridgehead atoms. The lowest BCUT2D eigenvalue weighted by Gasteiger charge is -2.21. The molecular weight excluding hydrogens is 192 g/mol. The van der Waals surface area contributed by atoms with Crippen LogP contribution in [0.3, 0.4) is 0 Å². The molecule has 14 heavy (non-hydrogen) atoms. The van der Waals surface area contributed by atoms with Crippen LogP contribution in [0.1, 0.15) is 32.1 Å². The summed E-state index contributed by atoms with van der Waals surface area (Å²) >= 11 is 2.06. The SMILES string of the molecule is NC(CNC1CCCC1)C1CCSC1. The van der Waals surface area contributed by atoms with Gasteiger partial charge in [-0.3, -0.25) is 0 Å². The second kappa shape index (κ2) is 5.38. The molecule has 1 heterocycles. The molecule has 0 spiro atoms. The molecule has 0 aromatic heterocycles. The number of hydrogen-bond acceptors (Lipinski definition) is 3. The Hall–Kier alpha value is 0.270. The predicted molar refractivity (Wildman–Crippen MR) is 63.7 cm³/mol. The third-order valence-electron chi connectivity index (χ3n) is 3.57. The topological polar surface area (TPSA) is 38.0 Å². The van der Waals surface area contributed by atoms with Crippen LogP contribution in [0.15, 0.2) is 0 Å². The molecule has 0 aromatic rings. The summed E-state index contributed by atoms with van der Waals surface area (Å²) in [5.41, 5.74) is 6.18. The summed E-state index contributed by atoms with van der Waals surface area (Å²) in [6.07, 6.45) is 6.88. The van der Waals surface area contributed by atoms with Gasteiger partial charge in [-0.2, -0.15) is 11.8 Å². The fourth-order valence-electron chi connectivity index (χ4n) is 2.49. The minimum absolute atomic E-state index is 0.394. The van der Waals surface area contributed by atoms with Crippen LogP contribution in [-0.2, 0) is 0 Å². The highest BCUT2D eigenvalue weighted by atomic mass is 32.2. The van der Waals surface area contributed by atoms with Gasteiger partial charge >= 0.3 is 0 Å². The van der Waals surface area contributed by atoms with Gasteiger partial charge in [0.15, 0.2) is 0 Å². The lowest BCUT2D eigenvalue weighted by Crippen LogP contribution is -2.43. The van der Waals surface area contributed by atoms with Gasteiger partial charge in [0, 0.05) is 18.6 Å². The van der Waals surface area contributed by atoms with E-state index in [2.05, 4.69) is 17.1 Å². The van der Waals surface area contributed by atoms with E-state index in [1.54, 1.807) is 0 Å². The molecular formula is C11H22N2S. The zero-order chi connectivity index (χ0) is 9.80. The minimum atomic E-state index is 0.394. The second-order valence-electron chi connectivity index (χ2n) is 4.68. The molecule has 0 amide bonds. The van der Waals surface area contributed by atoms with Crippen LogP contribution in [0.25, 0.3) is 0 Å². The van der Waals surface area contributed by atoms with Crippen LogP contribution < -0.4 is 11.1 Å². The average Bonchev–Trinajstić information content (AvgIpc) is 2.87. The quantitative estimate of drug-likeness (QED) is 0.746. The van der Waals surface area contributed by atoms with Crippen LogP contribution in [0.5, 0.6) is 0 Å². The Kier molecular flexibility index (Phi) is 4.14. The zero-order valence-corrected chi connectivity index (χ0v) is 9.69. The standard InChI is InChI=1S/C11H22N2S/c12-11(9-5-6-14-8-9)7-13-10-3-1-2-4-10/h9-11,13H,1-8,12H2. The van der Waals surface area contributed by atoms with Crippen molar-refractivity contribution in [1.82, 2.24) is 5.32 Å². The van der Waals surface area contributed by atoms with Gasteiger partial charge in [0.1, 0.15) is 0 Å². The number of rotatable bonds is 4. The molecule has 3 heteroatoms. The number of hydrogen-bond donors (Lipinski definition) is 2. The van der Waals surface area contributed by atoms with Crippen molar-refractivity contribution in [3.63, 3.8) is 0 Å². The third kappa shape index (κ3) is 2.88. The minimum Gasteiger partial charge on any atom is -0.326 e. The Morgan fingerprint density at radius 1 is 1.29 bits per heavy atom. The molecule has 1 aliphatic carbocycles. The van der Waals surface area contributed by atoms with Crippen LogP contribution >= 0.6 is 11.8 Å². The smallest absolute Gasteiger partial charge is 0.0202 e. The molecule has 2 fully saturated rings. The highest BCUT2D eigenvalue weighted by Crippen LogP contribution is 2.25. The zero-order valence-electron chi connectivity index (χ0n) is 8.87. The Labute approximate surface area is 91.4 Å². The van der Waals surface area contributed by atoms with E-state index >= 15 is 0 Å². The first-order chi connectivity index (χ1) is 6.86. The van der Waals surface area contributed by atoms with E-state index in [0.29, 0.717) is 6.04 Å². The summed E-state index contributed by atoms with van der Waals surface area (Å²) in [6.45, 7) is 1.04. The maximum absolute atomic E-state index is 6.18. The predicted octanol–water partition coefficient (Wildman–Crippen LogP) is 1.60. The molecule has 2 nitrogen and oxygen atoms in total. The molecule has 1 saturated heterocycles. The van der Waals surface area contributed by atoms with Crippen molar-refractivity contribution < 1.29 is 0 Å². The fourth-order valence-corrected chi connectivity index (χ4v) is 3.84. The summed E-state index contributed by atoms with van der Waals surface area (Å²) < 4.78 is 0. The van der Waals surface area contributed by atoms with Gasteiger partial charge in [0.05, 0.1) is 0 Å². The Balaban J connectivity index is 1.63. The monoisotopic (exact) mass is 214 g/mol. The lowest BCUT2D eigenvalue weighted by atomic mass is 10.00. The number of nitrogens with two attached hydrogens (primary N) is 1. The highest BCUT2D eigenvalue weighted by molar-refractivity contribution is 7.99. The van der Waals surface area contributed by atoms with Gasteiger partial charge in [-0.15, -0.1) is 0 Å². The Morgan fingerprint density at radius 2 is 2.07 bits per heavy atom. The summed E-state index contributed by atoms with van der Waals surface area (Å²) in [4.78, 5) is 0. The third-order valence-corrected chi connectivity index (χ3v) is 4.76.